The Labute approximate surface area is 319 Å². The van der Waals surface area contributed by atoms with Gasteiger partial charge in [0.1, 0.15) is 17.3 Å². The molecule has 0 saturated carbocycles. The molecule has 0 aliphatic heterocycles. The standard InChI is InChI=1S/C48H45N5O/c1-10-35-22-36(53-31(6)21-30(5)50-53)24-38(23-35)54-37-17-20-40-39-13-11-12-14-43(39)51(44(40)25-37)48-34(9)45(29(4)26-49-48)52-46-32(7)27(2)15-18-41(46)42-19-16-28(3)33(8)47(42)52/h11-26H,10H2,1-9H3/i10D2. The maximum atomic E-state index is 8.57. The fraction of sp³-hybridized carbons (Fsp3) is 0.208. The Morgan fingerprint density at radius 1 is 0.611 bits per heavy atom. The average molecular weight is 710 g/mol. The lowest BCUT2D eigenvalue weighted by molar-refractivity contribution is 0.482. The number of benzene rings is 5. The summed E-state index contributed by atoms with van der Waals surface area (Å²) in [5.41, 5.74) is 16.0. The zero-order valence-electron chi connectivity index (χ0n) is 34.4. The Hall–Kier alpha value is -6.14. The van der Waals surface area contributed by atoms with Gasteiger partial charge in [0.2, 0.25) is 0 Å². The van der Waals surface area contributed by atoms with Gasteiger partial charge in [-0.05, 0) is 132 Å². The summed E-state index contributed by atoms with van der Waals surface area (Å²) in [4.78, 5) is 5.20. The van der Waals surface area contributed by atoms with Gasteiger partial charge in [-0.3, -0.25) is 4.57 Å². The number of para-hydroxylation sites is 1. The first kappa shape index (κ1) is 31.4. The van der Waals surface area contributed by atoms with Crippen LogP contribution in [0.5, 0.6) is 11.5 Å². The smallest absolute Gasteiger partial charge is 0.142 e. The van der Waals surface area contributed by atoms with Gasteiger partial charge < -0.3 is 9.30 Å². The zero-order chi connectivity index (χ0) is 39.4. The van der Waals surface area contributed by atoms with E-state index in [-0.39, 0.29) is 0 Å². The SMILES string of the molecule is [2H]C([2H])(C)c1cc(Oc2ccc3c4ccccc4n(-c4ncc(C)c(-n5c6c(C)c(C)ccc6c6ccc(C)c(C)c65)c4C)c3c2)cc(-n2nc(C)cc2C)c1. The maximum Gasteiger partial charge on any atom is 0.142 e. The molecule has 268 valence electrons. The van der Waals surface area contributed by atoms with Crippen LogP contribution in [0.25, 0.3) is 60.8 Å². The molecule has 0 aliphatic carbocycles. The molecule has 0 aliphatic rings. The quantitative estimate of drug-likeness (QED) is 0.173. The van der Waals surface area contributed by atoms with Crippen molar-refractivity contribution >= 4 is 43.6 Å². The molecule has 5 aromatic carbocycles. The Kier molecular flexibility index (Phi) is 7.26. The Morgan fingerprint density at radius 2 is 1.28 bits per heavy atom. The second-order valence-corrected chi connectivity index (χ2v) is 14.8. The van der Waals surface area contributed by atoms with E-state index < -0.39 is 6.37 Å². The summed E-state index contributed by atoms with van der Waals surface area (Å²) < 4.78 is 30.4. The molecule has 0 unspecified atom stereocenters. The Bertz CT molecular complexity index is 3020. The molecule has 9 aromatic rings. The minimum absolute atomic E-state index is 0.515. The van der Waals surface area contributed by atoms with Crippen molar-refractivity contribution in [1.82, 2.24) is 23.9 Å². The van der Waals surface area contributed by atoms with Gasteiger partial charge in [0, 0.05) is 53.9 Å². The normalized spacial score (nSPS) is 12.7. The van der Waals surface area contributed by atoms with E-state index in [0.29, 0.717) is 17.1 Å². The number of ether oxygens (including phenoxy) is 1. The predicted molar refractivity (Wildman–Crippen MR) is 224 cm³/mol. The molecule has 9 rings (SSSR count). The van der Waals surface area contributed by atoms with Crippen molar-refractivity contribution in [2.75, 3.05) is 0 Å². The monoisotopic (exact) mass is 709 g/mol. The van der Waals surface area contributed by atoms with Gasteiger partial charge in [0.05, 0.1) is 39.1 Å². The summed E-state index contributed by atoms with van der Waals surface area (Å²) in [7, 11) is 0. The molecule has 0 amide bonds. The van der Waals surface area contributed by atoms with Crippen molar-refractivity contribution in [3.63, 3.8) is 0 Å². The predicted octanol–water partition coefficient (Wildman–Crippen LogP) is 12.3. The van der Waals surface area contributed by atoms with Crippen molar-refractivity contribution in [3.05, 3.63) is 148 Å². The number of nitrogens with zero attached hydrogens (tertiary/aromatic N) is 5. The summed E-state index contributed by atoms with van der Waals surface area (Å²) in [6.07, 6.45) is 0.426. The van der Waals surface area contributed by atoms with Crippen molar-refractivity contribution in [1.29, 1.82) is 0 Å². The number of pyridine rings is 1. The van der Waals surface area contributed by atoms with Gasteiger partial charge in [-0.1, -0.05) is 49.4 Å². The summed E-state index contributed by atoms with van der Waals surface area (Å²) >= 11 is 0. The number of aromatic nitrogens is 5. The second-order valence-electron chi connectivity index (χ2n) is 14.8. The van der Waals surface area contributed by atoms with Crippen LogP contribution in [0.1, 0.15) is 60.0 Å². The van der Waals surface area contributed by atoms with Gasteiger partial charge in [-0.2, -0.15) is 5.10 Å². The summed E-state index contributed by atoms with van der Waals surface area (Å²) in [6.45, 7) is 18.7. The van der Waals surface area contributed by atoms with E-state index in [0.717, 1.165) is 61.5 Å². The summed E-state index contributed by atoms with van der Waals surface area (Å²) in [5, 5.41) is 9.40. The third kappa shape index (κ3) is 5.07. The Morgan fingerprint density at radius 3 is 1.94 bits per heavy atom. The number of hydrogen-bond acceptors (Lipinski definition) is 3. The molecule has 0 bridgehead atoms. The highest BCUT2D eigenvalue weighted by Gasteiger charge is 2.24. The lowest BCUT2D eigenvalue weighted by atomic mass is 10.0. The Balaban J connectivity index is 1.27. The van der Waals surface area contributed by atoms with Crippen LogP contribution >= 0.6 is 0 Å². The molecule has 0 N–H and O–H groups in total. The van der Waals surface area contributed by atoms with E-state index in [1.807, 2.05) is 49.0 Å². The second kappa shape index (κ2) is 12.5. The van der Waals surface area contributed by atoms with E-state index in [1.165, 1.54) is 44.1 Å². The first-order valence-corrected chi connectivity index (χ1v) is 18.6. The molecule has 0 radical (unpaired) electrons. The van der Waals surface area contributed by atoms with Crippen molar-refractivity contribution < 1.29 is 7.48 Å². The molecule has 0 atom stereocenters. The number of aryl methyl sites for hydroxylation is 8. The zero-order valence-corrected chi connectivity index (χ0v) is 32.4. The molecule has 4 heterocycles. The topological polar surface area (TPSA) is 49.8 Å². The molecule has 54 heavy (non-hydrogen) atoms. The van der Waals surface area contributed by atoms with Crippen LogP contribution in [0, 0.1) is 55.4 Å². The molecular formula is C48H45N5O. The fourth-order valence-electron chi connectivity index (χ4n) is 8.41. The van der Waals surface area contributed by atoms with Crippen LogP contribution in [0.3, 0.4) is 0 Å². The number of hydrogen-bond donors (Lipinski definition) is 0. The van der Waals surface area contributed by atoms with E-state index in [1.54, 1.807) is 13.0 Å². The van der Waals surface area contributed by atoms with Crippen LogP contribution in [0.15, 0.2) is 97.2 Å². The van der Waals surface area contributed by atoms with Crippen molar-refractivity contribution in [3.8, 4) is 28.7 Å². The van der Waals surface area contributed by atoms with E-state index in [2.05, 4.69) is 116 Å². The van der Waals surface area contributed by atoms with Crippen LogP contribution in [-0.2, 0) is 6.37 Å². The summed E-state index contributed by atoms with van der Waals surface area (Å²) in [5.74, 6) is 2.03. The summed E-state index contributed by atoms with van der Waals surface area (Å²) in [6, 6.07) is 31.3. The number of fused-ring (bicyclic) bond motifs is 6. The first-order valence-electron chi connectivity index (χ1n) is 19.6. The van der Waals surface area contributed by atoms with Crippen LogP contribution in [0.4, 0.5) is 0 Å². The highest BCUT2D eigenvalue weighted by molar-refractivity contribution is 6.12. The van der Waals surface area contributed by atoms with Crippen LogP contribution in [-0.4, -0.2) is 23.9 Å². The maximum absolute atomic E-state index is 8.57. The van der Waals surface area contributed by atoms with Gasteiger partial charge in [-0.15, -0.1) is 0 Å². The van der Waals surface area contributed by atoms with Crippen LogP contribution in [0.2, 0.25) is 0 Å². The van der Waals surface area contributed by atoms with Gasteiger partial charge in [0.15, 0.2) is 0 Å². The third-order valence-electron chi connectivity index (χ3n) is 11.3. The minimum Gasteiger partial charge on any atom is -0.457 e. The van der Waals surface area contributed by atoms with E-state index in [9.17, 15) is 0 Å². The molecular weight excluding hydrogens is 663 g/mol. The largest absolute Gasteiger partial charge is 0.457 e. The van der Waals surface area contributed by atoms with E-state index >= 15 is 0 Å². The molecule has 6 heteroatoms. The molecule has 0 spiro atoms. The van der Waals surface area contributed by atoms with Crippen molar-refractivity contribution in [2.45, 2.75) is 68.7 Å². The first-order chi connectivity index (χ1) is 26.7. The van der Waals surface area contributed by atoms with Gasteiger partial charge in [-0.25, -0.2) is 9.67 Å². The lowest BCUT2D eigenvalue weighted by Crippen LogP contribution is -2.09. The van der Waals surface area contributed by atoms with E-state index in [4.69, 9.17) is 12.5 Å². The molecule has 6 nitrogen and oxygen atoms in total. The highest BCUT2D eigenvalue weighted by atomic mass is 16.5. The highest BCUT2D eigenvalue weighted by Crippen LogP contribution is 2.41. The fourth-order valence-corrected chi connectivity index (χ4v) is 8.41. The molecule has 4 aromatic heterocycles. The third-order valence-corrected chi connectivity index (χ3v) is 11.3. The minimum atomic E-state index is -1.59. The lowest BCUT2D eigenvalue weighted by Gasteiger charge is -2.20. The molecule has 0 fully saturated rings. The number of rotatable bonds is 6. The molecule has 0 saturated heterocycles. The van der Waals surface area contributed by atoms with Gasteiger partial charge in [0.25, 0.3) is 0 Å². The average Bonchev–Trinajstić information content (AvgIpc) is 3.79. The van der Waals surface area contributed by atoms with Crippen LogP contribution < -0.4 is 4.74 Å². The van der Waals surface area contributed by atoms with Gasteiger partial charge >= 0.3 is 0 Å². The van der Waals surface area contributed by atoms with Crippen molar-refractivity contribution in [2.24, 2.45) is 0 Å².